The summed E-state index contributed by atoms with van der Waals surface area (Å²) in [6.07, 6.45) is -11.2. The molecule has 49 heavy (non-hydrogen) atoms. The van der Waals surface area contributed by atoms with E-state index in [4.69, 9.17) is 42.6 Å². The Hall–Kier alpha value is -4.62. The van der Waals surface area contributed by atoms with E-state index in [1.54, 1.807) is 0 Å². The van der Waals surface area contributed by atoms with Crippen LogP contribution in [0.1, 0.15) is 40.2 Å². The zero-order valence-electron chi connectivity index (χ0n) is 27.2. The van der Waals surface area contributed by atoms with E-state index in [2.05, 4.69) is 0 Å². The highest BCUT2D eigenvalue weighted by molar-refractivity contribution is 5.87. The molecule has 0 radical (unpaired) electrons. The summed E-state index contributed by atoms with van der Waals surface area (Å²) >= 11 is 0. The van der Waals surface area contributed by atoms with E-state index in [0.29, 0.717) is 5.56 Å². The first-order valence-corrected chi connectivity index (χ1v) is 14.8. The molecule has 2 saturated heterocycles. The normalized spacial score (nSPS) is 29.4. The standard InChI is InChI=1S/C31H38O18/c1-15(33)41-12-22-26(43-17(3)35)28(45-19(5)37)25(40)30(46-22)49-31(14-32)29(27(44-18(4)36)23(48-31)13-42-16(2)34)47-24(39)11-8-20-6-9-21(38)10-7-20/h6-11,22-23,25-30,32,38,40H,12-14H2,1-5H3/b11-8+/t22-,23-,25-,26-,27-,28-,29+,30-,31+/m1/s1. The highest BCUT2D eigenvalue weighted by atomic mass is 16.8. The molecule has 9 atom stereocenters. The highest BCUT2D eigenvalue weighted by Crippen LogP contribution is 2.40. The average molecular weight is 699 g/mol. The number of ether oxygens (including phenoxy) is 9. The molecule has 3 rings (SSSR count). The van der Waals surface area contributed by atoms with Crippen molar-refractivity contribution in [1.82, 2.24) is 0 Å². The van der Waals surface area contributed by atoms with Crippen molar-refractivity contribution in [2.45, 2.75) is 89.4 Å². The number of esters is 6. The Morgan fingerprint density at radius 3 is 1.82 bits per heavy atom. The summed E-state index contributed by atoms with van der Waals surface area (Å²) in [5.41, 5.74) is 0.475. The van der Waals surface area contributed by atoms with Crippen molar-refractivity contribution in [3.63, 3.8) is 0 Å². The highest BCUT2D eigenvalue weighted by Gasteiger charge is 2.63. The number of aromatic hydroxyl groups is 1. The first-order chi connectivity index (χ1) is 23.0. The van der Waals surface area contributed by atoms with Crippen molar-refractivity contribution >= 4 is 41.9 Å². The topological polar surface area (TPSA) is 246 Å². The van der Waals surface area contributed by atoms with Gasteiger partial charge >= 0.3 is 35.8 Å². The molecular formula is C31H38O18. The number of carbonyl (C=O) groups is 6. The third-order valence-corrected chi connectivity index (χ3v) is 6.96. The number of rotatable bonds is 13. The van der Waals surface area contributed by atoms with Crippen LogP contribution in [0, 0.1) is 0 Å². The Morgan fingerprint density at radius 1 is 0.755 bits per heavy atom. The van der Waals surface area contributed by atoms with Gasteiger partial charge in [-0.1, -0.05) is 12.1 Å². The summed E-state index contributed by atoms with van der Waals surface area (Å²) < 4.78 is 49.2. The summed E-state index contributed by atoms with van der Waals surface area (Å²) in [6.45, 7) is 2.86. The van der Waals surface area contributed by atoms with Gasteiger partial charge in [-0.15, -0.1) is 0 Å². The van der Waals surface area contributed by atoms with Gasteiger partial charge in [-0.25, -0.2) is 4.79 Å². The molecular weight excluding hydrogens is 660 g/mol. The molecule has 2 heterocycles. The molecule has 270 valence electrons. The largest absolute Gasteiger partial charge is 0.508 e. The minimum atomic E-state index is -2.54. The van der Waals surface area contributed by atoms with Crippen LogP contribution in [0.5, 0.6) is 5.75 Å². The van der Waals surface area contributed by atoms with Crippen molar-refractivity contribution in [3.05, 3.63) is 35.9 Å². The molecule has 0 saturated carbocycles. The van der Waals surface area contributed by atoms with Crippen LogP contribution in [-0.2, 0) is 71.4 Å². The monoisotopic (exact) mass is 698 g/mol. The van der Waals surface area contributed by atoms with E-state index >= 15 is 0 Å². The van der Waals surface area contributed by atoms with Crippen molar-refractivity contribution in [1.29, 1.82) is 0 Å². The summed E-state index contributed by atoms with van der Waals surface area (Å²) in [5.74, 6) is -7.87. The lowest BCUT2D eigenvalue weighted by Gasteiger charge is -2.45. The number of hydrogen-bond donors (Lipinski definition) is 3. The second-order valence-corrected chi connectivity index (χ2v) is 10.9. The molecule has 2 fully saturated rings. The lowest BCUT2D eigenvalue weighted by Crippen LogP contribution is -2.64. The van der Waals surface area contributed by atoms with Gasteiger partial charge < -0.3 is 58.0 Å². The van der Waals surface area contributed by atoms with Crippen LogP contribution >= 0.6 is 0 Å². The Labute approximate surface area is 279 Å². The number of phenolic OH excluding ortho intramolecular Hbond substituents is 1. The Balaban J connectivity index is 2.05. The maximum Gasteiger partial charge on any atom is 0.331 e. The average Bonchev–Trinajstić information content (AvgIpc) is 3.28. The van der Waals surface area contributed by atoms with Crippen LogP contribution in [0.15, 0.2) is 30.3 Å². The minimum Gasteiger partial charge on any atom is -0.508 e. The molecule has 2 aliphatic heterocycles. The van der Waals surface area contributed by atoms with Gasteiger partial charge in [0.15, 0.2) is 30.7 Å². The predicted octanol–water partition coefficient (Wildman–Crippen LogP) is -0.572. The molecule has 0 spiro atoms. The van der Waals surface area contributed by atoms with Crippen molar-refractivity contribution < 1.29 is 86.7 Å². The van der Waals surface area contributed by atoms with Gasteiger partial charge in [-0.3, -0.25) is 24.0 Å². The predicted molar refractivity (Wildman–Crippen MR) is 157 cm³/mol. The summed E-state index contributed by atoms with van der Waals surface area (Å²) in [7, 11) is 0. The van der Waals surface area contributed by atoms with Gasteiger partial charge in [-0.2, -0.15) is 0 Å². The van der Waals surface area contributed by atoms with E-state index in [1.165, 1.54) is 30.3 Å². The van der Waals surface area contributed by atoms with Crippen LogP contribution < -0.4 is 0 Å². The number of carbonyl (C=O) groups excluding carboxylic acids is 6. The number of aliphatic hydroxyl groups excluding tert-OH is 2. The van der Waals surface area contributed by atoms with E-state index in [1.807, 2.05) is 0 Å². The molecule has 2 aliphatic rings. The van der Waals surface area contributed by atoms with Crippen LogP contribution in [0.25, 0.3) is 6.08 Å². The summed E-state index contributed by atoms with van der Waals surface area (Å²) in [5, 5.41) is 31.6. The summed E-state index contributed by atoms with van der Waals surface area (Å²) in [4.78, 5) is 72.5. The molecule has 0 amide bonds. The van der Waals surface area contributed by atoms with Gasteiger partial charge in [-0.05, 0) is 23.8 Å². The summed E-state index contributed by atoms with van der Waals surface area (Å²) in [6, 6.07) is 5.73. The number of benzene rings is 1. The lowest BCUT2D eigenvalue weighted by atomic mass is 9.98. The Bertz CT molecular complexity index is 1390. The molecule has 0 unspecified atom stereocenters. The van der Waals surface area contributed by atoms with Crippen LogP contribution in [0.4, 0.5) is 0 Å². The van der Waals surface area contributed by atoms with E-state index in [-0.39, 0.29) is 5.75 Å². The number of aliphatic hydroxyl groups is 2. The molecule has 0 aromatic heterocycles. The molecule has 18 heteroatoms. The molecule has 0 bridgehead atoms. The fraction of sp³-hybridized carbons (Fsp3) is 0.548. The molecule has 0 aliphatic carbocycles. The van der Waals surface area contributed by atoms with E-state index in [0.717, 1.165) is 40.7 Å². The van der Waals surface area contributed by atoms with E-state index < -0.39 is 110 Å². The second kappa shape index (κ2) is 17.2. The third kappa shape index (κ3) is 10.7. The second-order valence-electron chi connectivity index (χ2n) is 10.9. The van der Waals surface area contributed by atoms with Crippen LogP contribution in [-0.4, -0.2) is 126 Å². The Morgan fingerprint density at radius 2 is 1.29 bits per heavy atom. The van der Waals surface area contributed by atoms with Crippen LogP contribution in [0.3, 0.4) is 0 Å². The lowest BCUT2D eigenvalue weighted by molar-refractivity contribution is -0.383. The first-order valence-electron chi connectivity index (χ1n) is 14.8. The molecule has 3 N–H and O–H groups in total. The van der Waals surface area contributed by atoms with Gasteiger partial charge in [0.05, 0.1) is 0 Å². The fourth-order valence-corrected chi connectivity index (χ4v) is 5.01. The SMILES string of the molecule is CC(=O)OC[C@H]1O[C@@](CO)(O[C@H]2O[C@H](COC(C)=O)[C@@H](OC(C)=O)[C@H](OC(C)=O)[C@H]2O)[C@@H](OC(=O)/C=C/c2ccc(O)cc2)[C@@H]1OC(C)=O. The fourth-order valence-electron chi connectivity index (χ4n) is 5.01. The van der Waals surface area contributed by atoms with Gasteiger partial charge in [0.2, 0.25) is 5.79 Å². The zero-order chi connectivity index (χ0) is 36.5. The van der Waals surface area contributed by atoms with Crippen LogP contribution in [0.2, 0.25) is 0 Å². The zero-order valence-corrected chi connectivity index (χ0v) is 27.2. The maximum atomic E-state index is 13.1. The maximum absolute atomic E-state index is 13.1. The van der Waals surface area contributed by atoms with Crippen molar-refractivity contribution in [3.8, 4) is 5.75 Å². The van der Waals surface area contributed by atoms with Crippen molar-refractivity contribution in [2.24, 2.45) is 0 Å². The number of hydrogen-bond acceptors (Lipinski definition) is 18. The number of phenols is 1. The smallest absolute Gasteiger partial charge is 0.331 e. The Kier molecular flexibility index (Phi) is 13.6. The molecule has 18 nitrogen and oxygen atoms in total. The molecule has 1 aromatic rings. The first kappa shape index (κ1) is 38.8. The van der Waals surface area contributed by atoms with Crippen molar-refractivity contribution in [2.75, 3.05) is 19.8 Å². The minimum absolute atomic E-state index is 0.0203. The van der Waals surface area contributed by atoms with Gasteiger partial charge in [0, 0.05) is 40.7 Å². The third-order valence-electron chi connectivity index (χ3n) is 6.96. The quantitative estimate of drug-likeness (QED) is 0.133. The van der Waals surface area contributed by atoms with Gasteiger partial charge in [0.1, 0.15) is 43.9 Å². The van der Waals surface area contributed by atoms with Gasteiger partial charge in [0.25, 0.3) is 0 Å². The van der Waals surface area contributed by atoms with E-state index in [9.17, 15) is 44.1 Å². The molecule has 1 aromatic carbocycles.